The Bertz CT molecular complexity index is 578. The molecule has 0 saturated carbocycles. The van der Waals surface area contributed by atoms with E-state index in [9.17, 15) is 4.79 Å². The molecular formula is C17H15ClO2. The van der Waals surface area contributed by atoms with Gasteiger partial charge in [0.1, 0.15) is 4.87 Å². The van der Waals surface area contributed by atoms with E-state index in [1.54, 1.807) is 13.0 Å². The minimum atomic E-state index is -0.981. The van der Waals surface area contributed by atoms with Crippen molar-refractivity contribution in [1.82, 2.24) is 0 Å². The highest BCUT2D eigenvalue weighted by atomic mass is 35.5. The maximum Gasteiger partial charge on any atom is 0.331 e. The predicted molar refractivity (Wildman–Crippen MR) is 80.9 cm³/mol. The largest absolute Gasteiger partial charge is 0.478 e. The lowest BCUT2D eigenvalue weighted by Gasteiger charge is -2.25. The highest BCUT2D eigenvalue weighted by molar-refractivity contribution is 6.27. The first-order chi connectivity index (χ1) is 9.54. The lowest BCUT2D eigenvalue weighted by molar-refractivity contribution is -0.132. The summed E-state index contributed by atoms with van der Waals surface area (Å²) >= 11 is 6.79. The minimum Gasteiger partial charge on any atom is -0.478 e. The first kappa shape index (κ1) is 14.4. The van der Waals surface area contributed by atoms with E-state index in [-0.39, 0.29) is 5.57 Å². The van der Waals surface area contributed by atoms with Crippen molar-refractivity contribution < 1.29 is 9.90 Å². The summed E-state index contributed by atoms with van der Waals surface area (Å²) in [6, 6.07) is 18.9. The van der Waals surface area contributed by atoms with Crippen LogP contribution in [0.25, 0.3) is 0 Å². The average Bonchev–Trinajstić information content (AvgIpc) is 2.48. The molecule has 0 atom stereocenters. The number of hydrogen-bond donors (Lipinski definition) is 1. The highest BCUT2D eigenvalue weighted by Gasteiger charge is 2.30. The summed E-state index contributed by atoms with van der Waals surface area (Å²) in [5.41, 5.74) is 1.90. The van der Waals surface area contributed by atoms with Gasteiger partial charge in [0.15, 0.2) is 0 Å². The average molecular weight is 287 g/mol. The summed E-state index contributed by atoms with van der Waals surface area (Å²) in [6.07, 6.45) is 1.58. The number of hydrogen-bond acceptors (Lipinski definition) is 1. The third-order valence-electron chi connectivity index (χ3n) is 3.14. The zero-order valence-electron chi connectivity index (χ0n) is 11.1. The van der Waals surface area contributed by atoms with Crippen LogP contribution in [0.4, 0.5) is 0 Å². The number of allylic oxidation sites excluding steroid dienone is 1. The Morgan fingerprint density at radius 2 is 1.40 bits per heavy atom. The van der Waals surface area contributed by atoms with Crippen molar-refractivity contribution >= 4 is 17.6 Å². The summed E-state index contributed by atoms with van der Waals surface area (Å²) < 4.78 is 0. The lowest BCUT2D eigenvalue weighted by Crippen LogP contribution is -2.19. The maximum absolute atomic E-state index is 11.1. The molecule has 0 bridgehead atoms. The van der Waals surface area contributed by atoms with Crippen LogP contribution in [0.5, 0.6) is 0 Å². The second kappa shape index (κ2) is 5.93. The van der Waals surface area contributed by atoms with E-state index in [0.717, 1.165) is 11.1 Å². The molecule has 0 aliphatic heterocycles. The van der Waals surface area contributed by atoms with Crippen LogP contribution in [0.1, 0.15) is 18.1 Å². The Hall–Kier alpha value is -2.06. The van der Waals surface area contributed by atoms with Crippen LogP contribution in [0.3, 0.4) is 0 Å². The van der Waals surface area contributed by atoms with E-state index in [0.29, 0.717) is 0 Å². The van der Waals surface area contributed by atoms with E-state index in [4.69, 9.17) is 16.7 Å². The summed E-state index contributed by atoms with van der Waals surface area (Å²) in [5, 5.41) is 9.11. The van der Waals surface area contributed by atoms with Gasteiger partial charge in [-0.05, 0) is 24.1 Å². The van der Waals surface area contributed by atoms with Gasteiger partial charge >= 0.3 is 5.97 Å². The monoisotopic (exact) mass is 286 g/mol. The van der Waals surface area contributed by atoms with Crippen LogP contribution in [0, 0.1) is 0 Å². The number of alkyl halides is 1. The minimum absolute atomic E-state index is 0.215. The fourth-order valence-electron chi connectivity index (χ4n) is 2.05. The number of aliphatic carboxylic acids is 1. The van der Waals surface area contributed by atoms with E-state index >= 15 is 0 Å². The third kappa shape index (κ3) is 2.91. The quantitative estimate of drug-likeness (QED) is 0.675. The Morgan fingerprint density at radius 1 is 1.00 bits per heavy atom. The number of carbonyl (C=O) groups is 1. The predicted octanol–water partition coefficient (Wildman–Crippen LogP) is 4.20. The smallest absolute Gasteiger partial charge is 0.331 e. The zero-order chi connectivity index (χ0) is 14.6. The molecule has 0 radical (unpaired) electrons. The summed E-state index contributed by atoms with van der Waals surface area (Å²) in [6.45, 7) is 1.55. The van der Waals surface area contributed by atoms with Crippen molar-refractivity contribution in [2.45, 2.75) is 11.8 Å². The van der Waals surface area contributed by atoms with Crippen LogP contribution in [0.15, 0.2) is 72.3 Å². The maximum atomic E-state index is 11.1. The molecule has 0 unspecified atom stereocenters. The molecule has 0 aliphatic rings. The van der Waals surface area contributed by atoms with Crippen molar-refractivity contribution in [3.05, 3.63) is 83.4 Å². The molecule has 2 aromatic rings. The topological polar surface area (TPSA) is 37.3 Å². The van der Waals surface area contributed by atoms with Crippen molar-refractivity contribution in [3.8, 4) is 0 Å². The second-order valence-electron chi connectivity index (χ2n) is 4.58. The number of carboxylic acid groups (broad SMARTS) is 1. The molecule has 0 amide bonds. The zero-order valence-corrected chi connectivity index (χ0v) is 11.8. The standard InChI is InChI=1S/C17H15ClO2/c1-13(16(19)20)12-17(18,14-8-4-2-5-9-14)15-10-6-3-7-11-15/h2-12H,1H3,(H,19,20). The number of benzene rings is 2. The Morgan fingerprint density at radius 3 is 1.75 bits per heavy atom. The summed E-state index contributed by atoms with van der Waals surface area (Å²) in [4.78, 5) is 10.1. The molecule has 20 heavy (non-hydrogen) atoms. The van der Waals surface area contributed by atoms with Crippen LogP contribution >= 0.6 is 11.6 Å². The second-order valence-corrected chi connectivity index (χ2v) is 5.17. The highest BCUT2D eigenvalue weighted by Crippen LogP contribution is 2.38. The van der Waals surface area contributed by atoms with Gasteiger partial charge in [0, 0.05) is 5.57 Å². The summed E-state index contributed by atoms with van der Waals surface area (Å²) in [7, 11) is 0. The van der Waals surface area contributed by atoms with Gasteiger partial charge in [-0.15, -0.1) is 11.6 Å². The van der Waals surface area contributed by atoms with E-state index in [2.05, 4.69) is 0 Å². The SMILES string of the molecule is CC(=CC(Cl)(c1ccccc1)c1ccccc1)C(=O)O. The van der Waals surface area contributed by atoms with Crippen molar-refractivity contribution in [1.29, 1.82) is 0 Å². The van der Waals surface area contributed by atoms with Gasteiger partial charge < -0.3 is 5.11 Å². The molecule has 0 aliphatic carbocycles. The molecule has 3 heteroatoms. The molecule has 102 valence electrons. The molecule has 0 fully saturated rings. The Labute approximate surface area is 123 Å². The van der Waals surface area contributed by atoms with Gasteiger partial charge in [0.2, 0.25) is 0 Å². The lowest BCUT2D eigenvalue weighted by atomic mass is 9.88. The van der Waals surface area contributed by atoms with Gasteiger partial charge in [-0.1, -0.05) is 60.7 Å². The first-order valence-electron chi connectivity index (χ1n) is 6.27. The Balaban J connectivity index is 2.61. The third-order valence-corrected chi connectivity index (χ3v) is 3.69. The van der Waals surface area contributed by atoms with Gasteiger partial charge in [-0.25, -0.2) is 4.79 Å². The van der Waals surface area contributed by atoms with Crippen LogP contribution in [-0.4, -0.2) is 11.1 Å². The van der Waals surface area contributed by atoms with Crippen molar-refractivity contribution in [3.63, 3.8) is 0 Å². The molecule has 0 spiro atoms. The van der Waals surface area contributed by atoms with Gasteiger partial charge in [-0.2, -0.15) is 0 Å². The Kier molecular flexibility index (Phi) is 4.26. The van der Waals surface area contributed by atoms with Gasteiger partial charge in [0.25, 0.3) is 0 Å². The molecule has 0 saturated heterocycles. The van der Waals surface area contributed by atoms with Crippen LogP contribution in [0.2, 0.25) is 0 Å². The fourth-order valence-corrected chi connectivity index (χ4v) is 2.47. The molecule has 2 aromatic carbocycles. The molecule has 0 heterocycles. The normalized spacial score (nSPS) is 12.2. The van der Waals surface area contributed by atoms with Crippen molar-refractivity contribution in [2.75, 3.05) is 0 Å². The number of halogens is 1. The molecular weight excluding hydrogens is 272 g/mol. The van der Waals surface area contributed by atoms with E-state index < -0.39 is 10.8 Å². The molecule has 1 N–H and O–H groups in total. The first-order valence-corrected chi connectivity index (χ1v) is 6.64. The number of carboxylic acids is 1. The van der Waals surface area contributed by atoms with Crippen LogP contribution in [-0.2, 0) is 9.67 Å². The summed E-state index contributed by atoms with van der Waals surface area (Å²) in [5.74, 6) is -0.970. The molecule has 2 nitrogen and oxygen atoms in total. The van der Waals surface area contributed by atoms with Gasteiger partial charge in [0.05, 0.1) is 0 Å². The molecule has 0 aromatic heterocycles. The van der Waals surface area contributed by atoms with Crippen LogP contribution < -0.4 is 0 Å². The number of rotatable bonds is 4. The van der Waals surface area contributed by atoms with Crippen molar-refractivity contribution in [2.24, 2.45) is 0 Å². The molecule has 2 rings (SSSR count). The van der Waals surface area contributed by atoms with Gasteiger partial charge in [-0.3, -0.25) is 0 Å². The fraction of sp³-hybridized carbons (Fsp3) is 0.118. The van der Waals surface area contributed by atoms with E-state index in [1.807, 2.05) is 60.7 Å². The van der Waals surface area contributed by atoms with E-state index in [1.165, 1.54) is 0 Å².